The maximum absolute atomic E-state index is 14.3. The highest BCUT2D eigenvalue weighted by atomic mass is 19.4. The number of hydrogen-bond donors (Lipinski definition) is 2. The molecule has 1 aliphatic rings. The number of rotatable bonds is 8. The average molecular weight is 507 g/mol. The van der Waals surface area contributed by atoms with Crippen LogP contribution in [0.5, 0.6) is 5.75 Å². The Morgan fingerprint density at radius 2 is 1.94 bits per heavy atom. The first-order chi connectivity index (χ1) is 17.3. The summed E-state index contributed by atoms with van der Waals surface area (Å²) < 4.78 is 62.1. The van der Waals surface area contributed by atoms with E-state index >= 15 is 0 Å². The molecule has 0 bridgehead atoms. The molecule has 192 valence electrons. The molecule has 1 aliphatic heterocycles. The summed E-state index contributed by atoms with van der Waals surface area (Å²) in [7, 11) is 0. The van der Waals surface area contributed by atoms with Crippen LogP contribution in [0.15, 0.2) is 41.8 Å². The number of aliphatic imine (C=N–C) groups is 1. The third kappa shape index (κ3) is 5.90. The van der Waals surface area contributed by atoms with Crippen LogP contribution in [0.4, 0.5) is 29.2 Å². The van der Waals surface area contributed by atoms with Crippen molar-refractivity contribution in [2.45, 2.75) is 45.0 Å². The summed E-state index contributed by atoms with van der Waals surface area (Å²) in [6, 6.07) is 3.61. The van der Waals surface area contributed by atoms with Crippen molar-refractivity contribution < 1.29 is 22.3 Å². The second-order valence-electron chi connectivity index (χ2n) is 8.27. The third-order valence-corrected chi connectivity index (χ3v) is 5.88. The molecule has 4 rings (SSSR count). The molecule has 2 aromatic heterocycles. The fraction of sp³-hybridized carbons (Fsp3) is 0.391. The van der Waals surface area contributed by atoms with Crippen molar-refractivity contribution in [1.29, 1.82) is 0 Å². The van der Waals surface area contributed by atoms with E-state index in [9.17, 15) is 17.6 Å². The molecule has 1 aromatic carbocycles. The topological polar surface area (TPSA) is 106 Å². The minimum atomic E-state index is -4.67. The number of hydrazine groups is 1. The largest absolute Gasteiger partial charge is 0.486 e. The Hall–Kier alpha value is -3.74. The SMILES string of the molecule is CCc1cnc(N2CCC(n3cc(COc4ccc(N=CNN)cc4F)c(C(F)(F)F)n3)CC2)nc1. The van der Waals surface area contributed by atoms with Gasteiger partial charge in [0.05, 0.1) is 11.7 Å². The van der Waals surface area contributed by atoms with E-state index in [2.05, 4.69) is 25.5 Å². The van der Waals surface area contributed by atoms with Crippen LogP contribution in [0.1, 0.15) is 42.6 Å². The Kier molecular flexibility index (Phi) is 7.67. The second-order valence-corrected chi connectivity index (χ2v) is 8.27. The van der Waals surface area contributed by atoms with Gasteiger partial charge in [0.2, 0.25) is 5.95 Å². The highest BCUT2D eigenvalue weighted by molar-refractivity contribution is 5.60. The minimum absolute atomic E-state index is 0.169. The number of benzene rings is 1. The van der Waals surface area contributed by atoms with Gasteiger partial charge in [-0.15, -0.1) is 0 Å². The lowest BCUT2D eigenvalue weighted by Crippen LogP contribution is -2.36. The molecule has 0 radical (unpaired) electrons. The number of hydrogen-bond acceptors (Lipinski definition) is 7. The van der Waals surface area contributed by atoms with E-state index in [0.29, 0.717) is 31.9 Å². The van der Waals surface area contributed by atoms with Gasteiger partial charge in [0.1, 0.15) is 12.9 Å². The van der Waals surface area contributed by atoms with Crippen molar-refractivity contribution in [2.24, 2.45) is 10.8 Å². The van der Waals surface area contributed by atoms with Crippen LogP contribution >= 0.6 is 0 Å². The average Bonchev–Trinajstić information content (AvgIpc) is 3.32. The quantitative estimate of drug-likeness (QED) is 0.157. The normalized spacial score (nSPS) is 15.0. The Balaban J connectivity index is 1.44. The number of nitrogens with zero attached hydrogens (tertiary/aromatic N) is 6. The van der Waals surface area contributed by atoms with Crippen molar-refractivity contribution >= 4 is 18.0 Å². The van der Waals surface area contributed by atoms with Crippen LogP contribution in [-0.4, -0.2) is 39.2 Å². The molecule has 0 saturated carbocycles. The van der Waals surface area contributed by atoms with Crippen LogP contribution in [0.2, 0.25) is 0 Å². The Labute approximate surface area is 205 Å². The molecule has 36 heavy (non-hydrogen) atoms. The lowest BCUT2D eigenvalue weighted by Gasteiger charge is -2.32. The first-order valence-corrected chi connectivity index (χ1v) is 11.4. The summed E-state index contributed by atoms with van der Waals surface area (Å²) >= 11 is 0. The molecule has 0 unspecified atom stereocenters. The molecule has 3 aromatic rings. The van der Waals surface area contributed by atoms with E-state index in [1.54, 1.807) is 12.4 Å². The summed E-state index contributed by atoms with van der Waals surface area (Å²) in [5.74, 6) is 4.73. The third-order valence-electron chi connectivity index (χ3n) is 5.88. The maximum Gasteiger partial charge on any atom is 0.435 e. The van der Waals surface area contributed by atoms with Gasteiger partial charge in [-0.1, -0.05) is 6.92 Å². The van der Waals surface area contributed by atoms with E-state index in [-0.39, 0.29) is 23.0 Å². The Bertz CT molecular complexity index is 1190. The number of piperidine rings is 1. The Morgan fingerprint density at radius 1 is 1.22 bits per heavy atom. The van der Waals surface area contributed by atoms with Crippen LogP contribution < -0.4 is 20.9 Å². The summed E-state index contributed by atoms with van der Waals surface area (Å²) in [6.45, 7) is 2.70. The van der Waals surface area contributed by atoms with Gasteiger partial charge in [0.15, 0.2) is 17.3 Å². The highest BCUT2D eigenvalue weighted by Gasteiger charge is 2.38. The molecule has 9 nitrogen and oxygen atoms in total. The first kappa shape index (κ1) is 25.4. The standard InChI is InChI=1S/C23H26F4N8O/c1-2-15-10-29-22(30-11-15)34-7-5-18(6-8-34)35-12-16(21(33-35)23(25,26)27)13-36-20-4-3-17(9-19(20)24)31-14-32-28/h3-4,9-12,14,18H,2,5-8,13,28H2,1H3,(H,31,32). The fourth-order valence-electron chi connectivity index (χ4n) is 3.94. The van der Waals surface area contributed by atoms with Crippen molar-refractivity contribution in [1.82, 2.24) is 25.2 Å². The number of anilines is 1. The van der Waals surface area contributed by atoms with Crippen molar-refractivity contribution in [3.63, 3.8) is 0 Å². The molecule has 0 spiro atoms. The highest BCUT2D eigenvalue weighted by Crippen LogP contribution is 2.34. The summed E-state index contributed by atoms with van der Waals surface area (Å²) in [5, 5.41) is 3.84. The van der Waals surface area contributed by atoms with Gasteiger partial charge in [0, 0.05) is 43.3 Å². The molecular weight excluding hydrogens is 480 g/mol. The van der Waals surface area contributed by atoms with Crippen LogP contribution in [-0.2, 0) is 19.2 Å². The van der Waals surface area contributed by atoms with E-state index in [1.807, 2.05) is 11.8 Å². The number of aryl methyl sites for hydroxylation is 1. The smallest absolute Gasteiger partial charge is 0.435 e. The minimum Gasteiger partial charge on any atom is -0.486 e. The van der Waals surface area contributed by atoms with Gasteiger partial charge in [-0.3, -0.25) is 4.68 Å². The lowest BCUT2D eigenvalue weighted by molar-refractivity contribution is -0.142. The van der Waals surface area contributed by atoms with Gasteiger partial charge in [-0.25, -0.2) is 25.2 Å². The molecule has 0 atom stereocenters. The first-order valence-electron chi connectivity index (χ1n) is 11.4. The van der Waals surface area contributed by atoms with E-state index in [1.165, 1.54) is 29.3 Å². The summed E-state index contributed by atoms with van der Waals surface area (Å²) in [4.78, 5) is 14.6. The molecule has 1 saturated heterocycles. The van der Waals surface area contributed by atoms with Gasteiger partial charge in [-0.05, 0) is 37.0 Å². The molecule has 1 fully saturated rings. The summed E-state index contributed by atoms with van der Waals surface area (Å²) in [6.07, 6.45) is 3.38. The van der Waals surface area contributed by atoms with Gasteiger partial charge in [-0.2, -0.15) is 18.3 Å². The number of nitrogens with two attached hydrogens (primary N) is 1. The number of aromatic nitrogens is 4. The predicted octanol–water partition coefficient (Wildman–Crippen LogP) is 3.94. The predicted molar refractivity (Wildman–Crippen MR) is 125 cm³/mol. The van der Waals surface area contributed by atoms with Gasteiger partial charge >= 0.3 is 6.18 Å². The molecule has 3 heterocycles. The van der Waals surface area contributed by atoms with Gasteiger partial charge < -0.3 is 15.1 Å². The van der Waals surface area contributed by atoms with E-state index in [4.69, 9.17) is 10.6 Å². The Morgan fingerprint density at radius 3 is 2.56 bits per heavy atom. The molecule has 0 aliphatic carbocycles. The zero-order valence-corrected chi connectivity index (χ0v) is 19.5. The van der Waals surface area contributed by atoms with Crippen molar-refractivity contribution in [3.05, 3.63) is 59.4 Å². The van der Waals surface area contributed by atoms with Crippen LogP contribution in [0.3, 0.4) is 0 Å². The number of nitrogens with one attached hydrogen (secondary N) is 1. The van der Waals surface area contributed by atoms with Gasteiger partial charge in [0.25, 0.3) is 0 Å². The zero-order chi connectivity index (χ0) is 25.7. The molecule has 3 N–H and O–H groups in total. The van der Waals surface area contributed by atoms with Crippen LogP contribution in [0.25, 0.3) is 0 Å². The maximum atomic E-state index is 14.3. The summed E-state index contributed by atoms with van der Waals surface area (Å²) in [5.41, 5.74) is 2.28. The van der Waals surface area contributed by atoms with Crippen molar-refractivity contribution in [2.75, 3.05) is 18.0 Å². The monoisotopic (exact) mass is 506 g/mol. The van der Waals surface area contributed by atoms with Crippen LogP contribution in [0, 0.1) is 5.82 Å². The zero-order valence-electron chi connectivity index (χ0n) is 19.5. The number of alkyl halides is 3. The lowest BCUT2D eigenvalue weighted by atomic mass is 10.1. The number of ether oxygens (including phenoxy) is 1. The molecule has 0 amide bonds. The molecule has 13 heteroatoms. The number of halogens is 4. The second kappa shape index (κ2) is 10.9. The fourth-order valence-corrected chi connectivity index (χ4v) is 3.94. The van der Waals surface area contributed by atoms with E-state index in [0.717, 1.165) is 18.1 Å². The van der Waals surface area contributed by atoms with Crippen molar-refractivity contribution in [3.8, 4) is 5.75 Å². The molecular formula is C23H26F4N8O. The van der Waals surface area contributed by atoms with E-state index < -0.39 is 24.3 Å².